The van der Waals surface area contributed by atoms with Crippen molar-refractivity contribution < 1.29 is 13.2 Å². The molecule has 0 saturated carbocycles. The van der Waals surface area contributed by atoms with Crippen molar-refractivity contribution in [1.82, 2.24) is 14.3 Å². The van der Waals surface area contributed by atoms with Gasteiger partial charge in [-0.15, -0.1) is 11.3 Å². The van der Waals surface area contributed by atoms with Crippen LogP contribution >= 0.6 is 11.3 Å². The lowest BCUT2D eigenvalue weighted by atomic mass is 10.0. The smallest absolute Gasteiger partial charge is 0.271 e. The molecule has 1 atom stereocenters. The Balaban J connectivity index is 2.25. The summed E-state index contributed by atoms with van der Waals surface area (Å²) >= 11 is 1.02. The van der Waals surface area contributed by atoms with Crippen molar-refractivity contribution in [2.45, 2.75) is 37.2 Å². The van der Waals surface area contributed by atoms with Crippen LogP contribution in [0, 0.1) is 5.92 Å². The normalized spacial score (nSPS) is 13.3. The summed E-state index contributed by atoms with van der Waals surface area (Å²) in [6, 6.07) is 2.79. The van der Waals surface area contributed by atoms with E-state index in [1.165, 1.54) is 6.20 Å². The third-order valence-corrected chi connectivity index (χ3v) is 6.49. The van der Waals surface area contributed by atoms with Crippen molar-refractivity contribution in [3.05, 3.63) is 41.7 Å². The monoisotopic (exact) mass is 382 g/mol. The maximum atomic E-state index is 12.8. The van der Waals surface area contributed by atoms with E-state index >= 15 is 0 Å². The molecule has 25 heavy (non-hydrogen) atoms. The van der Waals surface area contributed by atoms with Crippen molar-refractivity contribution in [3.8, 4) is 0 Å². The maximum absolute atomic E-state index is 12.8. The van der Waals surface area contributed by atoms with E-state index in [1.54, 1.807) is 29.9 Å². The number of sulfonamides is 1. The Hall–Kier alpha value is -1.68. The fourth-order valence-electron chi connectivity index (χ4n) is 2.30. The van der Waals surface area contributed by atoms with E-state index in [0.29, 0.717) is 12.0 Å². The van der Waals surface area contributed by atoms with Gasteiger partial charge in [0.15, 0.2) is 5.78 Å². The number of rotatable bonds is 9. The molecule has 0 aromatic carbocycles. The summed E-state index contributed by atoms with van der Waals surface area (Å²) in [5, 5.41) is 1.58. The summed E-state index contributed by atoms with van der Waals surface area (Å²) in [6.45, 7) is 3.68. The van der Waals surface area contributed by atoms with Gasteiger partial charge in [0.2, 0.25) is 4.34 Å². The molecular weight excluding hydrogens is 360 g/mol. The predicted molar refractivity (Wildman–Crippen MR) is 96.4 cm³/mol. The van der Waals surface area contributed by atoms with Crippen LogP contribution in [0.15, 0.2) is 40.4 Å². The third-order valence-electron chi connectivity index (χ3n) is 3.52. The Kier molecular flexibility index (Phi) is 6.77. The third kappa shape index (κ3) is 5.40. The minimum atomic E-state index is -3.88. The molecule has 0 bridgehead atoms. The van der Waals surface area contributed by atoms with Crippen molar-refractivity contribution >= 4 is 27.1 Å². The predicted octanol–water partition coefficient (Wildman–Crippen LogP) is 1.67. The summed E-state index contributed by atoms with van der Waals surface area (Å²) in [5.74, 6) is -0.0565. The molecule has 2 heterocycles. The zero-order valence-corrected chi connectivity index (χ0v) is 15.8. The molecule has 2 aromatic heterocycles. The van der Waals surface area contributed by atoms with Crippen molar-refractivity contribution in [1.29, 1.82) is 0 Å². The Labute approximate surface area is 152 Å². The lowest BCUT2D eigenvalue weighted by Gasteiger charge is -2.22. The van der Waals surface area contributed by atoms with E-state index < -0.39 is 16.1 Å². The van der Waals surface area contributed by atoms with Crippen LogP contribution in [-0.4, -0.2) is 41.1 Å². The van der Waals surface area contributed by atoms with Gasteiger partial charge in [0.25, 0.3) is 10.0 Å². The lowest BCUT2D eigenvalue weighted by molar-refractivity contribution is -0.120. The molecule has 7 nitrogen and oxygen atoms in total. The number of aromatic nitrogens is 2. The van der Waals surface area contributed by atoms with Crippen LogP contribution in [-0.2, 0) is 21.4 Å². The number of nitrogens with two attached hydrogens (primary N) is 1. The second-order valence-electron chi connectivity index (χ2n) is 6.13. The maximum Gasteiger partial charge on any atom is 0.271 e. The first-order chi connectivity index (χ1) is 11.8. The average molecular weight is 383 g/mol. The van der Waals surface area contributed by atoms with Crippen LogP contribution in [0.2, 0.25) is 0 Å². The number of carbonyl (C=O) groups is 1. The van der Waals surface area contributed by atoms with E-state index in [1.807, 2.05) is 13.8 Å². The molecule has 0 unspecified atom stereocenters. The summed E-state index contributed by atoms with van der Waals surface area (Å²) in [5.41, 5.74) is 6.61. The molecule has 136 valence electrons. The Morgan fingerprint density at radius 2 is 2.12 bits per heavy atom. The topological polar surface area (TPSA) is 106 Å². The van der Waals surface area contributed by atoms with Crippen LogP contribution in [0.25, 0.3) is 0 Å². The summed E-state index contributed by atoms with van der Waals surface area (Å²) in [7, 11) is -3.88. The molecule has 0 radical (unpaired) electrons. The second kappa shape index (κ2) is 8.61. The molecule has 0 amide bonds. The number of carbonyl (C=O) groups excluding carboxylic acids is 1. The average Bonchev–Trinajstić information content (AvgIpc) is 3.09. The number of ketones is 1. The number of nitrogens with zero attached hydrogens (tertiary/aromatic N) is 3. The molecule has 0 saturated heterocycles. The molecule has 2 rings (SSSR count). The van der Waals surface area contributed by atoms with Gasteiger partial charge in [-0.1, -0.05) is 19.9 Å². The highest BCUT2D eigenvalue weighted by atomic mass is 32.2. The van der Waals surface area contributed by atoms with Gasteiger partial charge in [-0.25, -0.2) is 13.4 Å². The van der Waals surface area contributed by atoms with Crippen LogP contribution in [0.5, 0.6) is 0 Å². The van der Waals surface area contributed by atoms with E-state index in [9.17, 15) is 13.2 Å². The number of hydrogen-bond donors (Lipinski definition) is 1. The first-order valence-corrected chi connectivity index (χ1v) is 10.2. The first kappa shape index (κ1) is 19.6. The van der Waals surface area contributed by atoms with Crippen LogP contribution < -0.4 is 5.73 Å². The van der Waals surface area contributed by atoms with Crippen molar-refractivity contribution in [3.63, 3.8) is 0 Å². The highest BCUT2D eigenvalue weighted by Gasteiger charge is 2.30. The molecule has 0 aliphatic rings. The van der Waals surface area contributed by atoms with Gasteiger partial charge in [0.05, 0.1) is 12.6 Å². The molecule has 0 spiro atoms. The second-order valence-corrected chi connectivity index (χ2v) is 9.14. The number of thiazole rings is 1. The van der Waals surface area contributed by atoms with Crippen LogP contribution in [0.1, 0.15) is 25.8 Å². The molecular formula is C16H22N4O3S2. The SMILES string of the molecule is CC(C)C[C@H](N)C(=O)CN(Cc1cccnc1)S(=O)(=O)c1nccs1. The van der Waals surface area contributed by atoms with E-state index in [4.69, 9.17) is 5.73 Å². The summed E-state index contributed by atoms with van der Waals surface area (Å²) < 4.78 is 26.8. The molecule has 9 heteroatoms. The molecule has 0 fully saturated rings. The first-order valence-electron chi connectivity index (χ1n) is 7.87. The number of pyridine rings is 1. The fourth-order valence-corrected chi connectivity index (χ4v) is 4.66. The van der Waals surface area contributed by atoms with Crippen molar-refractivity contribution in [2.24, 2.45) is 11.7 Å². The minimum absolute atomic E-state index is 0.0376. The van der Waals surface area contributed by atoms with Gasteiger partial charge >= 0.3 is 0 Å². The van der Waals surface area contributed by atoms with Gasteiger partial charge < -0.3 is 5.73 Å². The molecule has 0 aliphatic heterocycles. The standard InChI is InChI=1S/C16H22N4O3S2/c1-12(2)8-14(17)15(21)11-20(10-13-4-3-5-18-9-13)25(22,23)16-19-6-7-24-16/h3-7,9,12,14H,8,10-11,17H2,1-2H3/t14-/m0/s1. The molecule has 2 aromatic rings. The Morgan fingerprint density at radius 1 is 1.36 bits per heavy atom. The highest BCUT2D eigenvalue weighted by molar-refractivity contribution is 7.91. The van der Waals surface area contributed by atoms with E-state index in [0.717, 1.165) is 15.6 Å². The largest absolute Gasteiger partial charge is 0.321 e. The van der Waals surface area contributed by atoms with Gasteiger partial charge in [0, 0.05) is 30.5 Å². The quantitative estimate of drug-likeness (QED) is 0.707. The summed E-state index contributed by atoms with van der Waals surface area (Å²) in [4.78, 5) is 20.3. The Morgan fingerprint density at radius 3 is 2.68 bits per heavy atom. The minimum Gasteiger partial charge on any atom is -0.321 e. The zero-order valence-electron chi connectivity index (χ0n) is 14.2. The van der Waals surface area contributed by atoms with Crippen LogP contribution in [0.4, 0.5) is 0 Å². The van der Waals surface area contributed by atoms with E-state index in [-0.39, 0.29) is 29.1 Å². The lowest BCUT2D eigenvalue weighted by Crippen LogP contribution is -2.42. The van der Waals surface area contributed by atoms with Gasteiger partial charge in [-0.3, -0.25) is 9.78 Å². The Bertz CT molecular complexity index is 777. The number of Topliss-reactive ketones (excluding diaryl/α,β-unsaturated/α-hetero) is 1. The van der Waals surface area contributed by atoms with Gasteiger partial charge in [-0.2, -0.15) is 4.31 Å². The van der Waals surface area contributed by atoms with Crippen molar-refractivity contribution in [2.75, 3.05) is 6.54 Å². The molecule has 2 N–H and O–H groups in total. The number of hydrogen-bond acceptors (Lipinski definition) is 7. The van der Waals surface area contributed by atoms with Crippen LogP contribution in [0.3, 0.4) is 0 Å². The fraction of sp³-hybridized carbons (Fsp3) is 0.438. The van der Waals surface area contributed by atoms with Gasteiger partial charge in [0.1, 0.15) is 0 Å². The van der Waals surface area contributed by atoms with E-state index in [2.05, 4.69) is 9.97 Å². The van der Waals surface area contributed by atoms with Gasteiger partial charge in [-0.05, 0) is 24.0 Å². The zero-order chi connectivity index (χ0) is 18.4. The highest BCUT2D eigenvalue weighted by Crippen LogP contribution is 2.20. The molecule has 0 aliphatic carbocycles. The summed E-state index contributed by atoms with van der Waals surface area (Å²) in [6.07, 6.45) is 5.11.